The first-order chi connectivity index (χ1) is 8.75. The molecule has 0 aliphatic carbocycles. The molecule has 92 valence electrons. The number of rotatable bonds is 3. The molecule has 5 heteroatoms. The SMILES string of the molecule is NC(=NC(=O)CCc1ccccc1)n1cccn1. The number of hydrogen-bond donors (Lipinski definition) is 1. The molecule has 1 aromatic heterocycles. The van der Waals surface area contributed by atoms with Crippen LogP contribution in [0.4, 0.5) is 0 Å². The Morgan fingerprint density at radius 2 is 2.06 bits per heavy atom. The van der Waals surface area contributed by atoms with Crippen LogP contribution in [0.3, 0.4) is 0 Å². The van der Waals surface area contributed by atoms with Crippen LogP contribution < -0.4 is 5.73 Å². The van der Waals surface area contributed by atoms with E-state index in [1.807, 2.05) is 30.3 Å². The Morgan fingerprint density at radius 3 is 2.72 bits per heavy atom. The topological polar surface area (TPSA) is 73.3 Å². The largest absolute Gasteiger partial charge is 0.368 e. The average Bonchev–Trinajstić information content (AvgIpc) is 2.91. The molecule has 1 amide bonds. The summed E-state index contributed by atoms with van der Waals surface area (Å²) >= 11 is 0. The van der Waals surface area contributed by atoms with E-state index in [0.29, 0.717) is 12.8 Å². The molecule has 18 heavy (non-hydrogen) atoms. The zero-order valence-electron chi connectivity index (χ0n) is 9.86. The van der Waals surface area contributed by atoms with Crippen molar-refractivity contribution in [2.24, 2.45) is 10.7 Å². The van der Waals surface area contributed by atoms with Crippen LogP contribution in [0.2, 0.25) is 0 Å². The maximum absolute atomic E-state index is 11.6. The smallest absolute Gasteiger partial charge is 0.249 e. The summed E-state index contributed by atoms with van der Waals surface area (Å²) in [5.41, 5.74) is 6.75. The highest BCUT2D eigenvalue weighted by molar-refractivity contribution is 5.93. The predicted molar refractivity (Wildman–Crippen MR) is 69.0 cm³/mol. The molecule has 2 rings (SSSR count). The van der Waals surface area contributed by atoms with Gasteiger partial charge in [0.25, 0.3) is 0 Å². The van der Waals surface area contributed by atoms with Crippen molar-refractivity contribution in [3.63, 3.8) is 0 Å². The van der Waals surface area contributed by atoms with Crippen LogP contribution in [0.25, 0.3) is 0 Å². The third-order valence-corrected chi connectivity index (χ3v) is 2.45. The van der Waals surface area contributed by atoms with Crippen molar-refractivity contribution in [1.29, 1.82) is 0 Å². The van der Waals surface area contributed by atoms with Crippen molar-refractivity contribution in [3.05, 3.63) is 54.4 Å². The van der Waals surface area contributed by atoms with E-state index in [9.17, 15) is 4.79 Å². The summed E-state index contributed by atoms with van der Waals surface area (Å²) in [4.78, 5) is 15.4. The third kappa shape index (κ3) is 3.28. The first kappa shape index (κ1) is 12.0. The number of carbonyl (C=O) groups is 1. The Kier molecular flexibility index (Phi) is 3.86. The molecule has 1 heterocycles. The Morgan fingerprint density at radius 1 is 1.28 bits per heavy atom. The second-order valence-electron chi connectivity index (χ2n) is 3.80. The van der Waals surface area contributed by atoms with Gasteiger partial charge in [-0.1, -0.05) is 30.3 Å². The van der Waals surface area contributed by atoms with E-state index in [1.165, 1.54) is 4.68 Å². The van der Waals surface area contributed by atoms with Gasteiger partial charge >= 0.3 is 0 Å². The van der Waals surface area contributed by atoms with Gasteiger partial charge in [0.2, 0.25) is 11.9 Å². The lowest BCUT2D eigenvalue weighted by Gasteiger charge is -2.00. The first-order valence-electron chi connectivity index (χ1n) is 5.66. The van der Waals surface area contributed by atoms with Gasteiger partial charge in [0.15, 0.2) is 0 Å². The van der Waals surface area contributed by atoms with Gasteiger partial charge in [-0.2, -0.15) is 10.1 Å². The highest BCUT2D eigenvalue weighted by Gasteiger charge is 2.03. The molecule has 0 saturated carbocycles. The Balaban J connectivity index is 1.91. The second-order valence-corrected chi connectivity index (χ2v) is 3.80. The molecule has 1 aromatic carbocycles. The summed E-state index contributed by atoms with van der Waals surface area (Å²) in [7, 11) is 0. The Hall–Kier alpha value is -2.43. The zero-order chi connectivity index (χ0) is 12.8. The van der Waals surface area contributed by atoms with E-state index in [-0.39, 0.29) is 11.9 Å². The van der Waals surface area contributed by atoms with E-state index >= 15 is 0 Å². The van der Waals surface area contributed by atoms with Crippen molar-refractivity contribution in [2.45, 2.75) is 12.8 Å². The van der Waals surface area contributed by atoms with Gasteiger partial charge in [-0.05, 0) is 18.1 Å². The summed E-state index contributed by atoms with van der Waals surface area (Å²) in [5, 5.41) is 3.90. The molecule has 0 fully saturated rings. The second kappa shape index (κ2) is 5.77. The number of amides is 1. The van der Waals surface area contributed by atoms with Crippen molar-refractivity contribution in [2.75, 3.05) is 0 Å². The molecule has 0 radical (unpaired) electrons. The molecule has 0 aliphatic rings. The average molecular weight is 242 g/mol. The van der Waals surface area contributed by atoms with Gasteiger partial charge in [0.05, 0.1) is 0 Å². The normalized spacial score (nSPS) is 11.4. The fourth-order valence-corrected chi connectivity index (χ4v) is 1.54. The van der Waals surface area contributed by atoms with E-state index in [2.05, 4.69) is 10.1 Å². The summed E-state index contributed by atoms with van der Waals surface area (Å²) in [6.45, 7) is 0. The van der Waals surface area contributed by atoms with Gasteiger partial charge < -0.3 is 5.73 Å². The number of benzene rings is 1. The summed E-state index contributed by atoms with van der Waals surface area (Å²) in [6, 6.07) is 11.5. The molecular weight excluding hydrogens is 228 g/mol. The molecule has 0 spiro atoms. The van der Waals surface area contributed by atoms with E-state index in [0.717, 1.165) is 5.56 Å². The van der Waals surface area contributed by atoms with E-state index in [4.69, 9.17) is 5.73 Å². The number of aryl methyl sites for hydroxylation is 1. The number of carbonyl (C=O) groups excluding carboxylic acids is 1. The number of aliphatic imine (C=N–C) groups is 1. The molecule has 0 saturated heterocycles. The number of aromatic nitrogens is 2. The minimum atomic E-state index is -0.244. The van der Waals surface area contributed by atoms with Crippen molar-refractivity contribution in [3.8, 4) is 0 Å². The molecular formula is C13H14N4O. The summed E-state index contributed by atoms with van der Waals surface area (Å²) < 4.78 is 1.36. The minimum absolute atomic E-state index is 0.0954. The molecule has 0 atom stereocenters. The lowest BCUT2D eigenvalue weighted by atomic mass is 10.1. The van der Waals surface area contributed by atoms with Crippen LogP contribution in [-0.2, 0) is 11.2 Å². The molecule has 2 N–H and O–H groups in total. The van der Waals surface area contributed by atoms with Crippen LogP contribution in [0.15, 0.2) is 53.8 Å². The highest BCUT2D eigenvalue weighted by Crippen LogP contribution is 2.03. The molecule has 2 aromatic rings. The Labute approximate surface area is 105 Å². The maximum atomic E-state index is 11.6. The van der Waals surface area contributed by atoms with Crippen molar-refractivity contribution < 1.29 is 4.79 Å². The summed E-state index contributed by atoms with van der Waals surface area (Å²) in [6.07, 6.45) is 4.22. The van der Waals surface area contributed by atoms with E-state index in [1.54, 1.807) is 18.5 Å². The molecule has 0 unspecified atom stereocenters. The zero-order valence-corrected chi connectivity index (χ0v) is 9.86. The van der Waals surface area contributed by atoms with Gasteiger partial charge in [-0.3, -0.25) is 4.79 Å². The fraction of sp³-hybridized carbons (Fsp3) is 0.154. The Bertz CT molecular complexity index is 531. The van der Waals surface area contributed by atoms with Crippen molar-refractivity contribution in [1.82, 2.24) is 9.78 Å². The number of nitrogens with zero attached hydrogens (tertiary/aromatic N) is 3. The summed E-state index contributed by atoms with van der Waals surface area (Å²) in [5.74, 6) is -0.148. The van der Waals surface area contributed by atoms with Crippen LogP contribution in [0.1, 0.15) is 12.0 Å². The van der Waals surface area contributed by atoms with Gasteiger partial charge in [-0.15, -0.1) is 0 Å². The monoisotopic (exact) mass is 242 g/mol. The van der Waals surface area contributed by atoms with E-state index < -0.39 is 0 Å². The van der Waals surface area contributed by atoms with Gasteiger partial charge in [0, 0.05) is 18.8 Å². The fourth-order valence-electron chi connectivity index (χ4n) is 1.54. The highest BCUT2D eigenvalue weighted by atomic mass is 16.1. The van der Waals surface area contributed by atoms with Gasteiger partial charge in [0.1, 0.15) is 0 Å². The number of hydrogen-bond acceptors (Lipinski definition) is 2. The van der Waals surface area contributed by atoms with Crippen LogP contribution in [0, 0.1) is 0 Å². The maximum Gasteiger partial charge on any atom is 0.249 e. The van der Waals surface area contributed by atoms with Crippen LogP contribution in [0.5, 0.6) is 0 Å². The van der Waals surface area contributed by atoms with Gasteiger partial charge in [-0.25, -0.2) is 4.68 Å². The van der Waals surface area contributed by atoms with Crippen LogP contribution in [-0.4, -0.2) is 21.6 Å². The van der Waals surface area contributed by atoms with Crippen molar-refractivity contribution >= 4 is 11.9 Å². The molecule has 0 aliphatic heterocycles. The number of nitrogens with two attached hydrogens (primary N) is 1. The van der Waals surface area contributed by atoms with Crippen LogP contribution >= 0.6 is 0 Å². The lowest BCUT2D eigenvalue weighted by molar-refractivity contribution is -0.117. The molecule has 0 bridgehead atoms. The standard InChI is InChI=1S/C13H14N4O/c14-13(17-10-4-9-15-17)16-12(18)8-7-11-5-2-1-3-6-11/h1-6,9-10H,7-8H2,(H2,14,16,18). The molecule has 5 nitrogen and oxygen atoms in total. The lowest BCUT2D eigenvalue weighted by Crippen LogP contribution is -2.24. The first-order valence-corrected chi connectivity index (χ1v) is 5.66. The minimum Gasteiger partial charge on any atom is -0.368 e. The quantitative estimate of drug-likeness (QED) is 0.649. The predicted octanol–water partition coefficient (Wildman–Crippen LogP) is 1.21. The third-order valence-electron chi connectivity index (χ3n) is 2.45.